The molecular formula is C104H110Cl3IN16O12. The summed E-state index contributed by atoms with van der Waals surface area (Å²) in [5, 5.41) is 13.9. The first-order valence-electron chi connectivity index (χ1n) is 43.8. The van der Waals surface area contributed by atoms with Crippen molar-refractivity contribution in [2.75, 3.05) is 59.0 Å². The third-order valence-electron chi connectivity index (χ3n) is 22.2. The summed E-state index contributed by atoms with van der Waals surface area (Å²) >= 11 is 14.4. The Morgan fingerprint density at radius 3 is 1.46 bits per heavy atom. The molecule has 0 saturated carbocycles. The smallest absolute Gasteiger partial charge is 0.373 e. The number of likely N-dealkylation sites (tertiary alicyclic amines) is 1. The van der Waals surface area contributed by atoms with E-state index >= 15 is 0 Å². The molecule has 706 valence electrons. The number of hydrogen-bond acceptors (Lipinski definition) is 23. The molecule has 7 aliphatic heterocycles. The number of imide groups is 1. The number of nitrogens with two attached hydrogens (primary N) is 1. The van der Waals surface area contributed by atoms with Crippen molar-refractivity contribution < 1.29 is 57.4 Å². The second-order valence-electron chi connectivity index (χ2n) is 33.0. The minimum absolute atomic E-state index is 0. The molecule has 0 radical (unpaired) electrons. The Morgan fingerprint density at radius 2 is 1.01 bits per heavy atom. The van der Waals surface area contributed by atoms with E-state index in [9.17, 15) is 28.8 Å². The first-order chi connectivity index (χ1) is 65.1. The van der Waals surface area contributed by atoms with E-state index < -0.39 is 29.4 Å². The highest BCUT2D eigenvalue weighted by molar-refractivity contribution is 14.1. The Hall–Kier alpha value is -13.0. The van der Waals surface area contributed by atoms with Crippen LogP contribution in [0.15, 0.2) is 224 Å². The fourth-order valence-corrected chi connectivity index (χ4v) is 16.9. The highest BCUT2D eigenvalue weighted by atomic mass is 127. The van der Waals surface area contributed by atoms with Crippen LogP contribution in [0.3, 0.4) is 0 Å². The second kappa shape index (κ2) is 58.3. The van der Waals surface area contributed by atoms with Gasteiger partial charge in [-0.3, -0.25) is 73.6 Å². The average Bonchev–Trinajstić information content (AvgIpc) is 0.786. The largest absolute Gasteiger partial charge is 0.465 e. The summed E-state index contributed by atoms with van der Waals surface area (Å²) in [5.74, 6) is -2.66. The number of ether oxygens (including phenoxy) is 2. The van der Waals surface area contributed by atoms with Gasteiger partial charge < -0.3 is 20.5 Å². The minimum Gasteiger partial charge on any atom is -0.465 e. The van der Waals surface area contributed by atoms with Crippen LogP contribution in [0.5, 0.6) is 0 Å². The number of nitriles is 1. The summed E-state index contributed by atoms with van der Waals surface area (Å²) < 4.78 is 11.2. The molecule has 0 aliphatic carbocycles. The van der Waals surface area contributed by atoms with Gasteiger partial charge in [-0.2, -0.15) is 24.4 Å². The van der Waals surface area contributed by atoms with Crippen LogP contribution < -0.4 is 16.4 Å². The van der Waals surface area contributed by atoms with E-state index in [0.717, 1.165) is 131 Å². The summed E-state index contributed by atoms with van der Waals surface area (Å²) in [4.78, 5) is 140. The minimum atomic E-state index is -0.823. The molecule has 4 aromatic heterocycles. The van der Waals surface area contributed by atoms with Crippen molar-refractivity contribution in [3.8, 4) is 6.07 Å². The van der Waals surface area contributed by atoms with Crippen LogP contribution >= 0.6 is 58.2 Å². The van der Waals surface area contributed by atoms with Gasteiger partial charge >= 0.3 is 36.2 Å². The highest BCUT2D eigenvalue weighted by Gasteiger charge is 2.42. The van der Waals surface area contributed by atoms with Crippen LogP contribution in [-0.4, -0.2) is 163 Å². The number of esters is 2. The zero-order valence-electron chi connectivity index (χ0n) is 76.9. The lowest BCUT2D eigenvalue weighted by atomic mass is 9.90. The lowest BCUT2D eigenvalue weighted by Gasteiger charge is -2.32. The number of primary amides is 1. The fraction of sp³-hybridized carbons (Fsp3) is 0.327. The molecule has 2 unspecified atom stereocenters. The number of halogens is 4. The summed E-state index contributed by atoms with van der Waals surface area (Å²) in [5.41, 5.74) is 26.3. The van der Waals surface area contributed by atoms with Gasteiger partial charge in [-0.25, -0.2) is 26.0 Å². The van der Waals surface area contributed by atoms with E-state index in [-0.39, 0.29) is 59.9 Å². The third-order valence-corrected chi connectivity index (χ3v) is 23.4. The molecule has 32 heteroatoms. The number of Topliss-reactive ketones (excluding diaryl/α,β-unsaturated/α-hetero) is 1. The van der Waals surface area contributed by atoms with Gasteiger partial charge in [0.15, 0.2) is 0 Å². The van der Waals surface area contributed by atoms with Gasteiger partial charge in [-0.05, 0) is 204 Å². The van der Waals surface area contributed by atoms with E-state index in [1.165, 1.54) is 72.3 Å². The maximum absolute atomic E-state index is 12.0. The molecule has 10 aromatic rings. The molecule has 7 aliphatic rings. The van der Waals surface area contributed by atoms with E-state index in [2.05, 4.69) is 203 Å². The maximum atomic E-state index is 12.0. The standard InChI is InChI=1S/C16H13Cl2N3.C16H15N3O2.C16H15N3.C16H18N2.C15H19NO3.C11H13IO2.C9H12N2.C3H4N2O.2CO2.ClH/c1-19-14-12-7-8-21(9-11-5-3-2-4-6-11)10-13(12)15(17)20-16(14)18;1-17-14-12-7-8-19(9-11-5-3-2-4-6-11)10-13(12)15(20)18-16(14)21;1-17-16-10-18-9-14-12-19(8-7-15(14)16)11-13-5-3-2-4-6-13;1-13-9-17-10-15-12-18(8-7-16(13)15)11-14-5-3-2-4-6-14;1-2-19-15(18)13-11-16(9-8-14(13)17)10-12-6-4-3-5-7-12;1-11(2,3)14-10(13)8-5-4-6-9(12)7-8;1-7-4-11-6-8-5-10-3-2-9(7)8;4-2-1-3(5)6;2*2-1-3;/h2-6H,7-10H2;2-6,14H,7-10H2,(H,18,20,21);2-6,9-10H,7-8,11-12H2;2-6,9-10H,7-8,11-12H2,1H3;3-7,13H,2,8-11H2,1H3;4-7H,1-3H3;4,6,10H,2-3,5H2,1H3;1H2,(H2,5,6);;;1H. The van der Waals surface area contributed by atoms with Gasteiger partial charge in [0.25, 0.3) is 5.91 Å². The van der Waals surface area contributed by atoms with Crippen molar-refractivity contribution in [1.29, 1.82) is 5.26 Å². The summed E-state index contributed by atoms with van der Waals surface area (Å²) in [7, 11) is 0. The van der Waals surface area contributed by atoms with Crippen LogP contribution in [0.25, 0.3) is 14.5 Å². The number of aryl methyl sites for hydroxylation is 2. The number of aromatic nitrogens is 4. The molecule has 3 amide bonds. The SMILES string of the molecule is CC(C)(C)OC(=O)c1cccc(I)c1.CCOC(=O)C1CN(Cc2ccccc2)CCC1=O.Cc1cncc2c1CCN(Cc1ccccc1)C2.Cc1cncc2c1CCNC2.Cl.N#CCC(N)=O.O=C=O.O=C=O.[C-]#[N+]C1C(=O)NC(=O)C2=C1CCN(Cc1ccccc1)C2.[C-]#[N+]c1c(Cl)nc(Cl)c2c1CCN(Cc1ccccc1)C2.[C-]#[N+]c1cncc2c1CCN(Cc1ccccc1)C2. The van der Waals surface area contributed by atoms with E-state index in [0.29, 0.717) is 73.2 Å². The number of hydrogen-bond donors (Lipinski definition) is 3. The van der Waals surface area contributed by atoms with Crippen molar-refractivity contribution in [2.24, 2.45) is 11.7 Å². The molecule has 6 aromatic carbocycles. The van der Waals surface area contributed by atoms with Crippen LogP contribution in [-0.2, 0) is 137 Å². The zero-order chi connectivity index (χ0) is 97.6. The van der Waals surface area contributed by atoms with Crippen LogP contribution in [0.1, 0.15) is 141 Å². The van der Waals surface area contributed by atoms with Gasteiger partial charge in [0.1, 0.15) is 34.0 Å². The normalized spacial score (nSPS) is 15.5. The summed E-state index contributed by atoms with van der Waals surface area (Å²) in [6, 6.07) is 59.8. The number of fused-ring (bicyclic) bond motifs is 4. The quantitative estimate of drug-likeness (QED) is 0.0227. The molecule has 136 heavy (non-hydrogen) atoms. The molecule has 17 rings (SSSR count). The molecular weight excluding hydrogens is 1900 g/mol. The van der Waals surface area contributed by atoms with Crippen molar-refractivity contribution in [3.05, 3.63) is 361 Å². The highest BCUT2D eigenvalue weighted by Crippen LogP contribution is 2.38. The van der Waals surface area contributed by atoms with E-state index in [4.69, 9.17) is 76.8 Å². The van der Waals surface area contributed by atoms with Crippen molar-refractivity contribution in [2.45, 2.75) is 157 Å². The molecule has 11 heterocycles. The molecule has 1 fully saturated rings. The van der Waals surface area contributed by atoms with Crippen LogP contribution in [0.2, 0.25) is 10.3 Å². The topological polar surface area (TPSA) is 344 Å². The second-order valence-corrected chi connectivity index (χ2v) is 35.0. The molecule has 0 bridgehead atoms. The third kappa shape index (κ3) is 36.0. The number of carbonyl (C=O) groups is 6. The Kier molecular flexibility index (Phi) is 47.1. The van der Waals surface area contributed by atoms with Gasteiger partial charge in [0, 0.05) is 163 Å². The summed E-state index contributed by atoms with van der Waals surface area (Å²) in [6.45, 7) is 48.2. The molecule has 28 nitrogen and oxygen atoms in total. The predicted molar refractivity (Wildman–Crippen MR) is 527 cm³/mol. The monoisotopic (exact) mass is 2010 g/mol. The average molecular weight is 2010 g/mol. The van der Waals surface area contributed by atoms with Gasteiger partial charge in [-0.1, -0.05) is 181 Å². The van der Waals surface area contributed by atoms with Crippen molar-refractivity contribution >= 4 is 117 Å². The zero-order valence-corrected chi connectivity index (χ0v) is 81.4. The van der Waals surface area contributed by atoms with E-state index in [1.54, 1.807) is 25.3 Å². The van der Waals surface area contributed by atoms with Crippen LogP contribution in [0.4, 0.5) is 11.4 Å². The van der Waals surface area contributed by atoms with Crippen LogP contribution in [0, 0.1) is 54.4 Å². The number of rotatable bonds is 14. The van der Waals surface area contributed by atoms with E-state index in [1.807, 2.05) is 131 Å². The molecule has 2 atom stereocenters. The number of nitrogens with zero attached hydrogens (tertiary/aromatic N) is 13. The van der Waals surface area contributed by atoms with Crippen molar-refractivity contribution in [1.82, 2.24) is 55.1 Å². The van der Waals surface area contributed by atoms with Gasteiger partial charge in [0.2, 0.25) is 17.3 Å². The Balaban J connectivity index is 0.000000213. The Bertz CT molecular complexity index is 5910. The lowest BCUT2D eigenvalue weighted by molar-refractivity contribution is -0.193. The number of amides is 3. The first kappa shape index (κ1) is 110. The molecule has 0 spiro atoms. The number of pyridine rings is 4. The number of nitrogens with one attached hydrogen (secondary N) is 2. The fourth-order valence-electron chi connectivity index (χ4n) is 15.8. The molecule has 1 saturated heterocycles. The predicted octanol–water partition coefficient (Wildman–Crippen LogP) is 16.3. The number of benzene rings is 6. The Labute approximate surface area is 824 Å². The number of piperidine rings is 1. The number of ketones is 1. The number of carbonyl (C=O) groups excluding carboxylic acids is 10. The summed E-state index contributed by atoms with van der Waals surface area (Å²) in [6.07, 6.45) is 16.9. The van der Waals surface area contributed by atoms with Gasteiger partial charge in [-0.15, -0.1) is 12.4 Å². The first-order valence-corrected chi connectivity index (χ1v) is 45.7. The van der Waals surface area contributed by atoms with Crippen molar-refractivity contribution in [3.63, 3.8) is 0 Å². The maximum Gasteiger partial charge on any atom is 0.373 e. The lowest BCUT2D eigenvalue weighted by Crippen LogP contribution is -2.49. The van der Waals surface area contributed by atoms with Gasteiger partial charge in [0.05, 0.1) is 31.4 Å². The molecule has 4 N–H and O–H groups in total. The Morgan fingerprint density at radius 1 is 0.559 bits per heavy atom.